The number of benzene rings is 1. The smallest absolute Gasteiger partial charge is 0.258 e. The summed E-state index contributed by atoms with van der Waals surface area (Å²) in [5.74, 6) is 1.88. The Labute approximate surface area is 146 Å². The highest BCUT2D eigenvalue weighted by Crippen LogP contribution is 2.37. The van der Waals surface area contributed by atoms with Crippen LogP contribution >= 0.6 is 0 Å². The molecule has 1 amide bonds. The van der Waals surface area contributed by atoms with Gasteiger partial charge in [0.15, 0.2) is 6.61 Å². The molecule has 6 heteroatoms. The number of nitrogens with one attached hydrogen (secondary N) is 2. The highest BCUT2D eigenvalue weighted by molar-refractivity contribution is 5.77. The van der Waals surface area contributed by atoms with Gasteiger partial charge in [0.2, 0.25) is 0 Å². The Balaban J connectivity index is 1.54. The average Bonchev–Trinajstić information content (AvgIpc) is 3.43. The molecule has 1 saturated carbocycles. The number of H-pyrrole nitrogens is 1. The molecule has 0 radical (unpaired) electrons. The Morgan fingerprint density at radius 2 is 2.12 bits per heavy atom. The normalized spacial score (nSPS) is 13.7. The van der Waals surface area contributed by atoms with Crippen LogP contribution in [0, 0.1) is 0 Å². The van der Waals surface area contributed by atoms with Crippen molar-refractivity contribution in [1.82, 2.24) is 15.3 Å². The zero-order valence-corrected chi connectivity index (χ0v) is 14.5. The van der Waals surface area contributed by atoms with Crippen LogP contribution < -0.4 is 15.6 Å². The Morgan fingerprint density at radius 1 is 1.36 bits per heavy atom. The first-order valence-corrected chi connectivity index (χ1v) is 8.61. The Kier molecular flexibility index (Phi) is 5.16. The van der Waals surface area contributed by atoms with E-state index in [4.69, 9.17) is 4.74 Å². The van der Waals surface area contributed by atoms with Crippen LogP contribution in [-0.2, 0) is 11.3 Å². The Bertz CT molecular complexity index is 810. The topological polar surface area (TPSA) is 84.1 Å². The van der Waals surface area contributed by atoms with E-state index in [0.717, 1.165) is 30.0 Å². The molecule has 1 aliphatic carbocycles. The monoisotopic (exact) mass is 341 g/mol. The molecular weight excluding hydrogens is 318 g/mol. The van der Waals surface area contributed by atoms with E-state index in [2.05, 4.69) is 29.1 Å². The van der Waals surface area contributed by atoms with Gasteiger partial charge >= 0.3 is 0 Å². The molecule has 0 unspecified atom stereocenters. The molecule has 25 heavy (non-hydrogen) atoms. The third-order valence-corrected chi connectivity index (χ3v) is 4.14. The molecular formula is C19H23N3O3. The first-order chi connectivity index (χ1) is 12.0. The largest absolute Gasteiger partial charge is 0.483 e. The second-order valence-corrected chi connectivity index (χ2v) is 6.65. The highest BCUT2D eigenvalue weighted by atomic mass is 16.5. The van der Waals surface area contributed by atoms with E-state index in [1.165, 1.54) is 6.07 Å². The molecule has 0 atom stereocenters. The van der Waals surface area contributed by atoms with E-state index in [0.29, 0.717) is 17.5 Å². The second-order valence-electron chi connectivity index (χ2n) is 6.65. The average molecular weight is 341 g/mol. The molecule has 1 aliphatic rings. The van der Waals surface area contributed by atoms with Gasteiger partial charge in [-0.2, -0.15) is 0 Å². The fourth-order valence-electron chi connectivity index (χ4n) is 2.64. The number of aromatic nitrogens is 2. The van der Waals surface area contributed by atoms with E-state index in [-0.39, 0.29) is 24.6 Å². The van der Waals surface area contributed by atoms with Gasteiger partial charge in [-0.25, -0.2) is 4.98 Å². The van der Waals surface area contributed by atoms with E-state index < -0.39 is 0 Å². The number of rotatable bonds is 7. The molecule has 2 aromatic rings. The molecule has 3 rings (SSSR count). The minimum absolute atomic E-state index is 0.0671. The first-order valence-electron chi connectivity index (χ1n) is 8.61. The van der Waals surface area contributed by atoms with Crippen molar-refractivity contribution < 1.29 is 9.53 Å². The fraction of sp³-hybridized carbons (Fsp3) is 0.421. The summed E-state index contributed by atoms with van der Waals surface area (Å²) in [4.78, 5) is 30.9. The Morgan fingerprint density at radius 3 is 2.84 bits per heavy atom. The number of hydrogen-bond donors (Lipinski definition) is 2. The third-order valence-electron chi connectivity index (χ3n) is 4.14. The fourth-order valence-corrected chi connectivity index (χ4v) is 2.64. The lowest BCUT2D eigenvalue weighted by atomic mass is 10.0. The van der Waals surface area contributed by atoms with Gasteiger partial charge < -0.3 is 15.0 Å². The maximum atomic E-state index is 12.0. The summed E-state index contributed by atoms with van der Waals surface area (Å²) < 4.78 is 5.64. The molecule has 6 nitrogen and oxygen atoms in total. The third kappa shape index (κ3) is 4.68. The number of ether oxygens (including phenoxy) is 1. The van der Waals surface area contributed by atoms with Crippen LogP contribution in [0.2, 0.25) is 0 Å². The lowest BCUT2D eigenvalue weighted by molar-refractivity contribution is -0.123. The lowest BCUT2D eigenvalue weighted by Gasteiger charge is -2.13. The van der Waals surface area contributed by atoms with Crippen molar-refractivity contribution in [2.45, 2.75) is 45.1 Å². The van der Waals surface area contributed by atoms with Crippen LogP contribution in [0.4, 0.5) is 0 Å². The van der Waals surface area contributed by atoms with Crippen molar-refractivity contribution in [3.8, 4) is 5.75 Å². The molecule has 2 N–H and O–H groups in total. The van der Waals surface area contributed by atoms with Crippen LogP contribution in [0.3, 0.4) is 0 Å². The predicted molar refractivity (Wildman–Crippen MR) is 94.7 cm³/mol. The SMILES string of the molecule is CC(C)c1ccccc1OCC(=O)NCc1cc(=O)[nH]c(C2CC2)n1. The number of amides is 1. The minimum atomic E-state index is -0.242. The Hall–Kier alpha value is -2.63. The molecule has 0 saturated heterocycles. The summed E-state index contributed by atoms with van der Waals surface area (Å²) in [6.45, 7) is 4.32. The summed E-state index contributed by atoms with van der Waals surface area (Å²) in [6, 6.07) is 9.12. The summed E-state index contributed by atoms with van der Waals surface area (Å²) >= 11 is 0. The van der Waals surface area contributed by atoms with Crippen molar-refractivity contribution in [2.24, 2.45) is 0 Å². The van der Waals surface area contributed by atoms with E-state index in [1.54, 1.807) is 0 Å². The molecule has 1 aromatic carbocycles. The second kappa shape index (κ2) is 7.51. The van der Waals surface area contributed by atoms with E-state index in [9.17, 15) is 9.59 Å². The van der Waals surface area contributed by atoms with Gasteiger partial charge in [-0.3, -0.25) is 9.59 Å². The van der Waals surface area contributed by atoms with Crippen molar-refractivity contribution in [2.75, 3.05) is 6.61 Å². The van der Waals surface area contributed by atoms with Gasteiger partial charge in [-0.15, -0.1) is 0 Å². The summed E-state index contributed by atoms with van der Waals surface area (Å²) in [5, 5.41) is 2.75. The zero-order chi connectivity index (χ0) is 17.8. The van der Waals surface area contributed by atoms with Gasteiger partial charge in [0.1, 0.15) is 11.6 Å². The highest BCUT2D eigenvalue weighted by Gasteiger charge is 2.26. The molecule has 0 bridgehead atoms. The van der Waals surface area contributed by atoms with Crippen molar-refractivity contribution in [1.29, 1.82) is 0 Å². The quantitative estimate of drug-likeness (QED) is 0.810. The number of hydrogen-bond acceptors (Lipinski definition) is 4. The number of aromatic amines is 1. The maximum absolute atomic E-state index is 12.0. The molecule has 0 aliphatic heterocycles. The van der Waals surface area contributed by atoms with Gasteiger partial charge in [-0.1, -0.05) is 32.0 Å². The summed E-state index contributed by atoms with van der Waals surface area (Å²) in [7, 11) is 0. The van der Waals surface area contributed by atoms with E-state index in [1.807, 2.05) is 24.3 Å². The number of nitrogens with zero attached hydrogens (tertiary/aromatic N) is 1. The number of para-hydroxylation sites is 1. The van der Waals surface area contributed by atoms with Crippen LogP contribution in [0.1, 0.15) is 55.6 Å². The molecule has 132 valence electrons. The summed E-state index contributed by atoms with van der Waals surface area (Å²) in [5.41, 5.74) is 1.46. The van der Waals surface area contributed by atoms with Gasteiger partial charge in [0, 0.05) is 12.0 Å². The maximum Gasteiger partial charge on any atom is 0.258 e. The number of carbonyl (C=O) groups is 1. The molecule has 1 heterocycles. The summed E-state index contributed by atoms with van der Waals surface area (Å²) in [6.07, 6.45) is 2.11. The standard InChI is InChI=1S/C19H23N3O3/c1-12(2)15-5-3-4-6-16(15)25-11-18(24)20-10-14-9-17(23)22-19(21-14)13-7-8-13/h3-6,9,12-13H,7-8,10-11H2,1-2H3,(H,20,24)(H,21,22,23). The zero-order valence-electron chi connectivity index (χ0n) is 14.5. The van der Waals surface area contributed by atoms with Crippen LogP contribution in [0.5, 0.6) is 5.75 Å². The molecule has 0 spiro atoms. The predicted octanol–water partition coefficient (Wildman–Crippen LogP) is 2.47. The van der Waals surface area contributed by atoms with Crippen molar-refractivity contribution in [3.05, 3.63) is 57.8 Å². The first kappa shape index (κ1) is 17.2. The molecule has 1 fully saturated rings. The van der Waals surface area contributed by atoms with Gasteiger partial charge in [0.25, 0.3) is 11.5 Å². The van der Waals surface area contributed by atoms with Crippen LogP contribution in [0.25, 0.3) is 0 Å². The number of carbonyl (C=O) groups excluding carboxylic acids is 1. The van der Waals surface area contributed by atoms with Gasteiger partial charge in [-0.05, 0) is 30.4 Å². The van der Waals surface area contributed by atoms with E-state index >= 15 is 0 Å². The van der Waals surface area contributed by atoms with Crippen LogP contribution in [0.15, 0.2) is 35.1 Å². The van der Waals surface area contributed by atoms with Crippen LogP contribution in [-0.4, -0.2) is 22.5 Å². The minimum Gasteiger partial charge on any atom is -0.483 e. The van der Waals surface area contributed by atoms with Gasteiger partial charge in [0.05, 0.1) is 12.2 Å². The van der Waals surface area contributed by atoms with Crippen molar-refractivity contribution in [3.63, 3.8) is 0 Å². The molecule has 1 aromatic heterocycles. The van der Waals surface area contributed by atoms with Crippen molar-refractivity contribution >= 4 is 5.91 Å². The lowest BCUT2D eigenvalue weighted by Crippen LogP contribution is -2.29.